The summed E-state index contributed by atoms with van der Waals surface area (Å²) >= 11 is 0. The number of rotatable bonds is 3. The van der Waals surface area contributed by atoms with Gasteiger partial charge >= 0.3 is 0 Å². The summed E-state index contributed by atoms with van der Waals surface area (Å²) < 4.78 is 2.24. The minimum atomic E-state index is 0.930. The standard InChI is InChI=1S/C25H19N/c1-3-11-24-22(4-2)23-18-20(19-12-7-5-8-13-19)16-17-25(23)26(24)21-14-9-6-10-15-21/h2-3,5-18H,1H3. The summed E-state index contributed by atoms with van der Waals surface area (Å²) in [5.74, 6) is 2.92. The Kier molecular flexibility index (Phi) is 4.17. The Labute approximate surface area is 154 Å². The quantitative estimate of drug-likeness (QED) is 0.387. The van der Waals surface area contributed by atoms with Crippen LogP contribution in [-0.4, -0.2) is 4.57 Å². The summed E-state index contributed by atoms with van der Waals surface area (Å²) in [5, 5.41) is 1.10. The number of terminal acetylenes is 1. The normalized spacial score (nSPS) is 11.1. The second-order valence-corrected chi connectivity index (χ2v) is 6.17. The number of fused-ring (bicyclic) bond motifs is 1. The summed E-state index contributed by atoms with van der Waals surface area (Å²) in [6.45, 7) is 2.02. The minimum absolute atomic E-state index is 0.930. The molecule has 1 aromatic heterocycles. The molecule has 1 heterocycles. The lowest BCUT2D eigenvalue weighted by Crippen LogP contribution is -1.96. The van der Waals surface area contributed by atoms with Gasteiger partial charge in [0, 0.05) is 11.1 Å². The van der Waals surface area contributed by atoms with Crippen LogP contribution < -0.4 is 0 Å². The highest BCUT2D eigenvalue weighted by atomic mass is 15.0. The number of hydrogen-bond donors (Lipinski definition) is 0. The van der Waals surface area contributed by atoms with Crippen molar-refractivity contribution in [2.75, 3.05) is 0 Å². The van der Waals surface area contributed by atoms with Crippen LogP contribution in [0.5, 0.6) is 0 Å². The van der Waals surface area contributed by atoms with Crippen molar-refractivity contribution in [3.05, 3.63) is 96.2 Å². The summed E-state index contributed by atoms with van der Waals surface area (Å²) in [6, 6.07) is 27.3. The van der Waals surface area contributed by atoms with Gasteiger partial charge in [0.2, 0.25) is 0 Å². The average molecular weight is 333 g/mol. The summed E-state index contributed by atoms with van der Waals surface area (Å²) in [6.07, 6.45) is 10.1. The molecule has 26 heavy (non-hydrogen) atoms. The van der Waals surface area contributed by atoms with Crippen LogP contribution >= 0.6 is 0 Å². The Balaban J connectivity index is 2.05. The van der Waals surface area contributed by atoms with Crippen LogP contribution in [0, 0.1) is 12.3 Å². The first-order chi connectivity index (χ1) is 12.8. The van der Waals surface area contributed by atoms with Crippen LogP contribution in [-0.2, 0) is 0 Å². The van der Waals surface area contributed by atoms with Crippen molar-refractivity contribution in [1.29, 1.82) is 0 Å². The number of allylic oxidation sites excluding steroid dienone is 1. The summed E-state index contributed by atoms with van der Waals surface area (Å²) in [7, 11) is 0. The molecule has 4 rings (SSSR count). The van der Waals surface area contributed by atoms with Gasteiger partial charge in [-0.3, -0.25) is 0 Å². The molecule has 0 aliphatic heterocycles. The van der Waals surface area contributed by atoms with Crippen LogP contribution in [0.1, 0.15) is 18.2 Å². The van der Waals surface area contributed by atoms with E-state index in [1.807, 2.05) is 25.1 Å². The van der Waals surface area contributed by atoms with E-state index in [0.717, 1.165) is 27.8 Å². The van der Waals surface area contributed by atoms with E-state index in [-0.39, 0.29) is 0 Å². The number of benzene rings is 3. The molecule has 1 heteroatoms. The zero-order valence-corrected chi connectivity index (χ0v) is 14.7. The van der Waals surface area contributed by atoms with Gasteiger partial charge in [0.1, 0.15) is 0 Å². The van der Waals surface area contributed by atoms with E-state index in [1.165, 1.54) is 11.1 Å². The van der Waals surface area contributed by atoms with Gasteiger partial charge in [0.05, 0.1) is 16.8 Å². The Morgan fingerprint density at radius 1 is 0.846 bits per heavy atom. The second-order valence-electron chi connectivity index (χ2n) is 6.17. The molecule has 0 saturated heterocycles. The fourth-order valence-electron chi connectivity index (χ4n) is 3.44. The van der Waals surface area contributed by atoms with Crippen molar-refractivity contribution in [2.24, 2.45) is 0 Å². The predicted molar refractivity (Wildman–Crippen MR) is 111 cm³/mol. The van der Waals surface area contributed by atoms with Crippen molar-refractivity contribution in [3.8, 4) is 29.2 Å². The van der Waals surface area contributed by atoms with Crippen molar-refractivity contribution in [1.82, 2.24) is 4.57 Å². The van der Waals surface area contributed by atoms with Gasteiger partial charge in [-0.15, -0.1) is 6.42 Å². The van der Waals surface area contributed by atoms with Gasteiger partial charge in [-0.25, -0.2) is 0 Å². The second kappa shape index (κ2) is 6.78. The van der Waals surface area contributed by atoms with E-state index in [2.05, 4.69) is 83.3 Å². The molecule has 0 unspecified atom stereocenters. The minimum Gasteiger partial charge on any atom is -0.309 e. The topological polar surface area (TPSA) is 4.93 Å². The van der Waals surface area contributed by atoms with Crippen molar-refractivity contribution < 1.29 is 0 Å². The Hall–Kier alpha value is -3.50. The van der Waals surface area contributed by atoms with Crippen molar-refractivity contribution in [2.45, 2.75) is 6.92 Å². The molecule has 0 fully saturated rings. The highest BCUT2D eigenvalue weighted by Crippen LogP contribution is 2.33. The lowest BCUT2D eigenvalue weighted by Gasteiger charge is -2.09. The van der Waals surface area contributed by atoms with E-state index in [0.29, 0.717) is 0 Å². The number of para-hydroxylation sites is 1. The number of nitrogens with zero attached hydrogens (tertiary/aromatic N) is 1. The number of hydrogen-bond acceptors (Lipinski definition) is 0. The molecule has 0 aliphatic carbocycles. The molecule has 0 bridgehead atoms. The number of aromatic nitrogens is 1. The SMILES string of the molecule is C#Cc1c(C=CC)n(-c2ccccc2)c2ccc(-c3ccccc3)cc12. The van der Waals surface area contributed by atoms with Gasteiger partial charge in [-0.2, -0.15) is 0 Å². The molecule has 0 saturated carbocycles. The third-order valence-electron chi connectivity index (χ3n) is 4.59. The monoisotopic (exact) mass is 333 g/mol. The summed E-state index contributed by atoms with van der Waals surface area (Å²) in [4.78, 5) is 0. The molecular weight excluding hydrogens is 314 g/mol. The summed E-state index contributed by atoms with van der Waals surface area (Å²) in [5.41, 5.74) is 6.57. The molecule has 0 N–H and O–H groups in total. The van der Waals surface area contributed by atoms with E-state index in [1.54, 1.807) is 0 Å². The maximum atomic E-state index is 5.93. The van der Waals surface area contributed by atoms with Crippen LogP contribution in [0.3, 0.4) is 0 Å². The Bertz CT molecular complexity index is 1120. The first-order valence-electron chi connectivity index (χ1n) is 8.72. The zero-order chi connectivity index (χ0) is 17.9. The van der Waals surface area contributed by atoms with Gasteiger partial charge in [-0.1, -0.05) is 66.6 Å². The largest absolute Gasteiger partial charge is 0.309 e. The lowest BCUT2D eigenvalue weighted by atomic mass is 10.0. The van der Waals surface area contributed by atoms with Gasteiger partial charge < -0.3 is 4.57 Å². The van der Waals surface area contributed by atoms with Crippen molar-refractivity contribution >= 4 is 17.0 Å². The molecule has 0 spiro atoms. The third kappa shape index (κ3) is 2.62. The zero-order valence-electron chi connectivity index (χ0n) is 14.7. The predicted octanol–water partition coefficient (Wildman–Crippen LogP) is 6.31. The average Bonchev–Trinajstić information content (AvgIpc) is 3.02. The van der Waals surface area contributed by atoms with E-state index in [4.69, 9.17) is 6.42 Å². The van der Waals surface area contributed by atoms with Crippen molar-refractivity contribution in [3.63, 3.8) is 0 Å². The van der Waals surface area contributed by atoms with E-state index in [9.17, 15) is 0 Å². The highest BCUT2D eigenvalue weighted by Gasteiger charge is 2.16. The molecule has 0 atom stereocenters. The smallest absolute Gasteiger partial charge is 0.0621 e. The first kappa shape index (κ1) is 16.0. The van der Waals surface area contributed by atoms with Crippen LogP contribution in [0.4, 0.5) is 0 Å². The fraction of sp³-hybridized carbons (Fsp3) is 0.0400. The molecule has 0 amide bonds. The molecular formula is C25H19N. The fourth-order valence-corrected chi connectivity index (χ4v) is 3.44. The molecule has 0 radical (unpaired) electrons. The van der Waals surface area contributed by atoms with Gasteiger partial charge in [0.25, 0.3) is 0 Å². The Morgan fingerprint density at radius 2 is 1.54 bits per heavy atom. The third-order valence-corrected chi connectivity index (χ3v) is 4.59. The van der Waals surface area contributed by atoms with Crippen LogP contribution in [0.2, 0.25) is 0 Å². The maximum Gasteiger partial charge on any atom is 0.0621 e. The molecule has 1 nitrogen and oxygen atoms in total. The van der Waals surface area contributed by atoms with Gasteiger partial charge in [0.15, 0.2) is 0 Å². The Morgan fingerprint density at radius 3 is 2.19 bits per heavy atom. The highest BCUT2D eigenvalue weighted by molar-refractivity contribution is 5.95. The molecule has 4 aromatic rings. The van der Waals surface area contributed by atoms with Crippen LogP contribution in [0.25, 0.3) is 33.8 Å². The lowest BCUT2D eigenvalue weighted by molar-refractivity contribution is 1.10. The molecule has 3 aromatic carbocycles. The first-order valence-corrected chi connectivity index (χ1v) is 8.72. The molecule has 124 valence electrons. The van der Waals surface area contributed by atoms with E-state index >= 15 is 0 Å². The molecule has 0 aliphatic rings. The van der Waals surface area contributed by atoms with Crippen LogP contribution in [0.15, 0.2) is 84.9 Å². The maximum absolute atomic E-state index is 5.93. The van der Waals surface area contributed by atoms with E-state index < -0.39 is 0 Å². The van der Waals surface area contributed by atoms with Gasteiger partial charge in [-0.05, 0) is 48.4 Å².